The number of aromatic nitrogens is 2. The minimum Gasteiger partial charge on any atom is -0.377 e. The lowest BCUT2D eigenvalue weighted by molar-refractivity contribution is 0.161. The average Bonchev–Trinajstić information content (AvgIpc) is 2.65. The van der Waals surface area contributed by atoms with Crippen LogP contribution in [0.15, 0.2) is 30.6 Å². The van der Waals surface area contributed by atoms with Gasteiger partial charge in [-0.25, -0.2) is 18.7 Å². The number of methoxy groups -OCH3 is 1. The summed E-state index contributed by atoms with van der Waals surface area (Å²) in [5.41, 5.74) is 1.97. The maximum atomic E-state index is 13.3. The zero-order chi connectivity index (χ0) is 18.4. The molecule has 0 aliphatic carbocycles. The fourth-order valence-electron chi connectivity index (χ4n) is 3.52. The Labute approximate surface area is 153 Å². The van der Waals surface area contributed by atoms with Gasteiger partial charge in [0.15, 0.2) is 17.5 Å². The Morgan fingerprint density at radius 3 is 2.69 bits per heavy atom. The molecule has 0 bridgehead atoms. The second-order valence-corrected chi connectivity index (χ2v) is 6.97. The molecule has 1 aromatic heterocycles. The van der Waals surface area contributed by atoms with Crippen molar-refractivity contribution < 1.29 is 13.5 Å². The highest BCUT2D eigenvalue weighted by atomic mass is 19.2. The van der Waals surface area contributed by atoms with Gasteiger partial charge < -0.3 is 4.74 Å². The fourth-order valence-corrected chi connectivity index (χ4v) is 3.52. The summed E-state index contributed by atoms with van der Waals surface area (Å²) in [6.45, 7) is 3.36. The maximum absolute atomic E-state index is 13.3. The van der Waals surface area contributed by atoms with Crippen molar-refractivity contribution in [3.05, 3.63) is 59.2 Å². The van der Waals surface area contributed by atoms with Crippen LogP contribution in [0, 0.1) is 17.6 Å². The lowest BCUT2D eigenvalue weighted by Gasteiger charge is -2.32. The van der Waals surface area contributed by atoms with E-state index in [4.69, 9.17) is 4.74 Å². The Hall–Kier alpha value is -1.92. The van der Waals surface area contributed by atoms with Crippen LogP contribution in [0.4, 0.5) is 8.78 Å². The Morgan fingerprint density at radius 1 is 1.15 bits per heavy atom. The van der Waals surface area contributed by atoms with Gasteiger partial charge in [0.2, 0.25) is 0 Å². The summed E-state index contributed by atoms with van der Waals surface area (Å²) in [5, 5.41) is 0. The van der Waals surface area contributed by atoms with Gasteiger partial charge in [-0.3, -0.25) is 4.90 Å². The van der Waals surface area contributed by atoms with E-state index in [0.717, 1.165) is 50.0 Å². The van der Waals surface area contributed by atoms with Gasteiger partial charge in [0.05, 0.1) is 0 Å². The molecule has 3 rings (SSSR count). The van der Waals surface area contributed by atoms with Gasteiger partial charge in [-0.1, -0.05) is 6.07 Å². The number of aryl methyl sites for hydroxylation is 1. The third-order valence-corrected chi connectivity index (χ3v) is 4.87. The lowest BCUT2D eigenvalue weighted by Crippen LogP contribution is -2.35. The van der Waals surface area contributed by atoms with Gasteiger partial charge in [-0.15, -0.1) is 0 Å². The molecule has 140 valence electrons. The molecule has 0 amide bonds. The van der Waals surface area contributed by atoms with E-state index in [0.29, 0.717) is 18.3 Å². The summed E-state index contributed by atoms with van der Waals surface area (Å²) in [6.07, 6.45) is 7.85. The standard InChI is InChI=1S/C20H25F2N3O/c1-26-14-20-23-10-17(11-24-20)13-25-8-2-3-16(12-25)5-4-15-6-7-18(21)19(22)9-15/h6-7,9-11,16H,2-5,8,12-14H2,1H3/t16-/m1/s1. The van der Waals surface area contributed by atoms with Gasteiger partial charge in [0.25, 0.3) is 0 Å². The molecule has 1 fully saturated rings. The molecule has 0 N–H and O–H groups in total. The number of hydrogen-bond acceptors (Lipinski definition) is 4. The first-order chi connectivity index (χ1) is 12.6. The van der Waals surface area contributed by atoms with E-state index in [9.17, 15) is 8.78 Å². The van der Waals surface area contributed by atoms with Crippen LogP contribution < -0.4 is 0 Å². The predicted molar refractivity (Wildman–Crippen MR) is 95.4 cm³/mol. The van der Waals surface area contributed by atoms with Crippen LogP contribution in [-0.4, -0.2) is 35.1 Å². The SMILES string of the molecule is COCc1ncc(CN2CCC[C@H](CCc3ccc(F)c(F)c3)C2)cn1. The number of piperidine rings is 1. The van der Waals surface area contributed by atoms with E-state index in [1.54, 1.807) is 13.2 Å². The topological polar surface area (TPSA) is 38.2 Å². The number of rotatable bonds is 7. The van der Waals surface area contributed by atoms with Crippen molar-refractivity contribution in [1.29, 1.82) is 0 Å². The number of ether oxygens (including phenoxy) is 1. The highest BCUT2D eigenvalue weighted by Gasteiger charge is 2.20. The van der Waals surface area contributed by atoms with E-state index < -0.39 is 11.6 Å². The van der Waals surface area contributed by atoms with Gasteiger partial charge in [-0.2, -0.15) is 0 Å². The molecule has 0 saturated carbocycles. The fraction of sp³-hybridized carbons (Fsp3) is 0.500. The van der Waals surface area contributed by atoms with Gasteiger partial charge in [0, 0.05) is 38.2 Å². The first kappa shape index (κ1) is 18.9. The molecule has 0 radical (unpaired) electrons. The third-order valence-electron chi connectivity index (χ3n) is 4.87. The molecular weight excluding hydrogens is 336 g/mol. The number of benzene rings is 1. The minimum absolute atomic E-state index is 0.427. The second-order valence-electron chi connectivity index (χ2n) is 6.97. The Balaban J connectivity index is 1.49. The smallest absolute Gasteiger partial charge is 0.159 e. The molecule has 1 atom stereocenters. The number of nitrogens with zero attached hydrogens (tertiary/aromatic N) is 3. The molecule has 1 saturated heterocycles. The summed E-state index contributed by atoms with van der Waals surface area (Å²) in [4.78, 5) is 11.1. The maximum Gasteiger partial charge on any atom is 0.159 e. The van der Waals surface area contributed by atoms with E-state index in [1.165, 1.54) is 18.6 Å². The average molecular weight is 361 g/mol. The van der Waals surface area contributed by atoms with Crippen LogP contribution in [0.2, 0.25) is 0 Å². The first-order valence-electron chi connectivity index (χ1n) is 9.09. The van der Waals surface area contributed by atoms with Crippen molar-refractivity contribution in [3.8, 4) is 0 Å². The van der Waals surface area contributed by atoms with Crippen molar-refractivity contribution in [3.63, 3.8) is 0 Å². The molecule has 1 aliphatic rings. The molecular formula is C20H25F2N3O. The third kappa shape index (κ3) is 5.29. The van der Waals surface area contributed by atoms with Crippen molar-refractivity contribution in [1.82, 2.24) is 14.9 Å². The van der Waals surface area contributed by atoms with Crippen LogP contribution >= 0.6 is 0 Å². The van der Waals surface area contributed by atoms with Crippen molar-refractivity contribution in [2.45, 2.75) is 38.8 Å². The molecule has 4 nitrogen and oxygen atoms in total. The Morgan fingerprint density at radius 2 is 1.96 bits per heavy atom. The number of likely N-dealkylation sites (tertiary alicyclic amines) is 1. The zero-order valence-electron chi connectivity index (χ0n) is 15.1. The molecule has 0 spiro atoms. The molecule has 2 aromatic rings. The summed E-state index contributed by atoms with van der Waals surface area (Å²) in [7, 11) is 1.63. The monoisotopic (exact) mass is 361 g/mol. The van der Waals surface area contributed by atoms with Gasteiger partial charge in [-0.05, 0) is 55.8 Å². The molecule has 2 heterocycles. The van der Waals surface area contributed by atoms with Crippen molar-refractivity contribution >= 4 is 0 Å². The van der Waals surface area contributed by atoms with Crippen molar-refractivity contribution in [2.24, 2.45) is 5.92 Å². The van der Waals surface area contributed by atoms with Crippen LogP contribution in [0.5, 0.6) is 0 Å². The molecule has 1 aromatic carbocycles. The summed E-state index contributed by atoms with van der Waals surface area (Å²) in [5.74, 6) is -0.272. The second kappa shape index (κ2) is 9.14. The van der Waals surface area contributed by atoms with Gasteiger partial charge in [0.1, 0.15) is 6.61 Å². The number of hydrogen-bond donors (Lipinski definition) is 0. The predicted octanol–water partition coefficient (Wildman–Crippen LogP) is 3.75. The Bertz CT molecular complexity index is 709. The van der Waals surface area contributed by atoms with Crippen molar-refractivity contribution in [2.75, 3.05) is 20.2 Å². The van der Waals surface area contributed by atoms with E-state index >= 15 is 0 Å². The van der Waals surface area contributed by atoms with E-state index in [1.807, 2.05) is 12.4 Å². The van der Waals surface area contributed by atoms with Crippen LogP contribution in [0.25, 0.3) is 0 Å². The van der Waals surface area contributed by atoms with Crippen LogP contribution in [0.1, 0.15) is 36.2 Å². The minimum atomic E-state index is -0.781. The summed E-state index contributed by atoms with van der Waals surface area (Å²) >= 11 is 0. The molecule has 1 aliphatic heterocycles. The summed E-state index contributed by atoms with van der Waals surface area (Å²) in [6, 6.07) is 4.21. The zero-order valence-corrected chi connectivity index (χ0v) is 15.1. The quantitative estimate of drug-likeness (QED) is 0.753. The molecule has 26 heavy (non-hydrogen) atoms. The highest BCUT2D eigenvalue weighted by Crippen LogP contribution is 2.23. The van der Waals surface area contributed by atoms with Gasteiger partial charge >= 0.3 is 0 Å². The van der Waals surface area contributed by atoms with Crippen LogP contribution in [0.3, 0.4) is 0 Å². The van der Waals surface area contributed by atoms with E-state index in [-0.39, 0.29) is 0 Å². The molecule has 6 heteroatoms. The molecule has 0 unspecified atom stereocenters. The normalized spacial score (nSPS) is 18.2. The van der Waals surface area contributed by atoms with Crippen LogP contribution in [-0.2, 0) is 24.3 Å². The number of halogens is 2. The van der Waals surface area contributed by atoms with E-state index in [2.05, 4.69) is 14.9 Å². The summed E-state index contributed by atoms with van der Waals surface area (Å²) < 4.78 is 31.4. The first-order valence-corrected chi connectivity index (χ1v) is 9.09. The highest BCUT2D eigenvalue weighted by molar-refractivity contribution is 5.18. The lowest BCUT2D eigenvalue weighted by atomic mass is 9.91. The Kier molecular flexibility index (Phi) is 6.63. The largest absolute Gasteiger partial charge is 0.377 e.